The van der Waals surface area contributed by atoms with Crippen molar-refractivity contribution in [3.05, 3.63) is 0 Å². The van der Waals surface area contributed by atoms with Crippen LogP contribution in [0.5, 0.6) is 0 Å². The van der Waals surface area contributed by atoms with Crippen LogP contribution in [-0.2, 0) is 34.6 Å². The van der Waals surface area contributed by atoms with Gasteiger partial charge in [-0.15, -0.1) is 0 Å². The number of carbonyl (C=O) groups excluding carboxylic acids is 2. The Morgan fingerprint density at radius 1 is 0.667 bits per heavy atom. The summed E-state index contributed by atoms with van der Waals surface area (Å²) in [7, 11) is -10.5. The van der Waals surface area contributed by atoms with Crippen molar-refractivity contribution in [1.82, 2.24) is 0 Å². The Hall–Kier alpha value is 0.155. The predicted molar refractivity (Wildman–Crippen MR) is 140 cm³/mol. The number of rotatable bonds is 23. The number of esters is 2. The minimum atomic E-state index is -5.34. The van der Waals surface area contributed by atoms with E-state index >= 15 is 0 Å². The van der Waals surface area contributed by atoms with Crippen molar-refractivity contribution in [2.75, 3.05) is 0 Å². The molecule has 1 aliphatic heterocycles. The zero-order chi connectivity index (χ0) is 27.7. The molecule has 0 aromatic rings. The first kappa shape index (κ1) is 41.3. The Labute approximate surface area is 260 Å². The molecule has 0 amide bonds. The summed E-state index contributed by atoms with van der Waals surface area (Å²) in [4.78, 5) is 23.1. The van der Waals surface area contributed by atoms with Crippen molar-refractivity contribution >= 4 is 32.2 Å². The van der Waals surface area contributed by atoms with Gasteiger partial charge in [-0.25, -0.2) is 16.8 Å². The van der Waals surface area contributed by atoms with E-state index in [1.165, 1.54) is 77.0 Å². The van der Waals surface area contributed by atoms with Gasteiger partial charge < -0.3 is 13.8 Å². The third-order valence-electron chi connectivity index (χ3n) is 7.21. The van der Waals surface area contributed by atoms with Crippen molar-refractivity contribution in [1.29, 1.82) is 0 Å². The molecule has 218 valence electrons. The maximum Gasteiger partial charge on any atom is 1.00 e. The number of ether oxygens (including phenoxy) is 1. The number of hydrogen-bond donors (Lipinski definition) is 0. The minimum Gasteiger partial charge on any atom is -0.748 e. The third-order valence-corrected chi connectivity index (χ3v) is 9.98. The molecule has 0 aromatic heterocycles. The Kier molecular flexibility index (Phi) is 24.0. The van der Waals surface area contributed by atoms with Crippen molar-refractivity contribution in [2.45, 2.75) is 146 Å². The fourth-order valence-corrected chi connectivity index (χ4v) is 8.02. The zero-order valence-electron chi connectivity index (χ0n) is 24.4. The van der Waals surface area contributed by atoms with Crippen molar-refractivity contribution in [2.24, 2.45) is 5.92 Å². The Bertz CT molecular complexity index is 880. The molecule has 0 bridgehead atoms. The smallest absolute Gasteiger partial charge is 0.748 e. The van der Waals surface area contributed by atoms with Gasteiger partial charge in [0.05, 0.1) is 43.1 Å². The molecule has 0 spiro atoms. The fraction of sp³-hybridized carbons (Fsp3) is 0.923. The number of cyclic esters (lactones) is 2. The van der Waals surface area contributed by atoms with E-state index in [2.05, 4.69) is 11.7 Å². The zero-order valence-corrected chi connectivity index (χ0v) is 26.0. The number of carbonyl (C=O) groups is 2. The topological polar surface area (TPSA) is 158 Å². The summed E-state index contributed by atoms with van der Waals surface area (Å²) in [6, 6.07) is 0. The maximum atomic E-state index is 11.8. The van der Waals surface area contributed by atoms with E-state index in [-0.39, 0.29) is 50.6 Å². The van der Waals surface area contributed by atoms with Gasteiger partial charge in [-0.2, -0.15) is 0 Å². The second-order valence-corrected chi connectivity index (χ2v) is 13.5. The molecule has 1 fully saturated rings. The normalized spacial score (nSPS) is 17.3. The van der Waals surface area contributed by atoms with E-state index in [4.69, 9.17) is 0 Å². The summed E-state index contributed by atoms with van der Waals surface area (Å²) < 4.78 is 74.9. The van der Waals surface area contributed by atoms with E-state index in [0.717, 1.165) is 25.7 Å². The molecule has 1 saturated heterocycles. The van der Waals surface area contributed by atoms with Crippen LogP contribution in [0.1, 0.15) is 135 Å². The first-order chi connectivity index (χ1) is 17.5. The third kappa shape index (κ3) is 18.3. The maximum absolute atomic E-state index is 11.8. The molecule has 0 radical (unpaired) electrons. The van der Waals surface area contributed by atoms with Gasteiger partial charge in [0.25, 0.3) is 0 Å². The molecule has 0 aliphatic carbocycles. The summed E-state index contributed by atoms with van der Waals surface area (Å²) in [6.45, 7) is 2.24. The molecule has 13 heteroatoms. The molecule has 3 atom stereocenters. The Morgan fingerprint density at radius 3 is 1.31 bits per heavy atom. The average Bonchev–Trinajstić information content (AvgIpc) is 3.12. The molecule has 1 aliphatic rings. The summed E-state index contributed by atoms with van der Waals surface area (Å²) in [5.41, 5.74) is 0. The van der Waals surface area contributed by atoms with Crippen molar-refractivity contribution in [3.8, 4) is 0 Å². The van der Waals surface area contributed by atoms with E-state index in [1.807, 2.05) is 0 Å². The van der Waals surface area contributed by atoms with Crippen LogP contribution < -0.4 is 37.7 Å². The summed E-state index contributed by atoms with van der Waals surface area (Å²) in [6.07, 6.45) is 19.4. The van der Waals surface area contributed by atoms with Gasteiger partial charge >= 0.3 is 49.7 Å². The fourth-order valence-electron chi connectivity index (χ4n) is 5.11. The monoisotopic (exact) mass is 580 g/mol. The summed E-state index contributed by atoms with van der Waals surface area (Å²) in [5, 5.41) is -4.40. The molecule has 1 heterocycles. The standard InChI is InChI=1S/C26H48O9S2.2Li/c1-2-3-4-5-6-7-8-9-10-11-12-13-14-15-16-17-18-19-20-23(36(29,30)31)25(37(32,33)34)22-21-24(27)35-26(22)28;;/h22-23,25H,2-21H2,1H3,(H,29,30,31)(H,32,33,34);;/q;2*+1/p-2. The molecule has 39 heavy (non-hydrogen) atoms. The van der Waals surface area contributed by atoms with Crippen molar-refractivity contribution < 1.29 is 78.0 Å². The van der Waals surface area contributed by atoms with Crippen LogP contribution in [0.4, 0.5) is 0 Å². The van der Waals surface area contributed by atoms with Gasteiger partial charge in [-0.05, 0) is 6.42 Å². The second kappa shape index (κ2) is 22.7. The molecule has 0 N–H and O–H groups in total. The van der Waals surface area contributed by atoms with Crippen LogP contribution in [0, 0.1) is 5.92 Å². The van der Waals surface area contributed by atoms with Gasteiger partial charge in [-0.3, -0.25) is 9.59 Å². The second-order valence-electron chi connectivity index (χ2n) is 10.4. The summed E-state index contributed by atoms with van der Waals surface area (Å²) >= 11 is 0. The molecular weight excluding hydrogens is 534 g/mol. The molecule has 1 rings (SSSR count). The van der Waals surface area contributed by atoms with Crippen LogP contribution in [0.25, 0.3) is 0 Å². The Morgan fingerprint density at radius 2 is 1.03 bits per heavy atom. The van der Waals surface area contributed by atoms with Crippen LogP contribution in [-0.4, -0.2) is 48.4 Å². The number of unbranched alkanes of at least 4 members (excludes halogenated alkanes) is 17. The molecular formula is C26H46Li2O9S2. The van der Waals surface area contributed by atoms with E-state index in [9.17, 15) is 35.5 Å². The van der Waals surface area contributed by atoms with E-state index in [1.54, 1.807) is 0 Å². The van der Waals surface area contributed by atoms with Gasteiger partial charge in [0.1, 0.15) is 0 Å². The van der Waals surface area contributed by atoms with Crippen molar-refractivity contribution in [3.63, 3.8) is 0 Å². The van der Waals surface area contributed by atoms with Gasteiger partial charge in [0.2, 0.25) is 0 Å². The largest absolute Gasteiger partial charge is 1.00 e. The van der Waals surface area contributed by atoms with Crippen LogP contribution in [0.3, 0.4) is 0 Å². The van der Waals surface area contributed by atoms with Crippen LogP contribution in [0.15, 0.2) is 0 Å². The first-order valence-electron chi connectivity index (χ1n) is 14.1. The van der Waals surface area contributed by atoms with Crippen LogP contribution >= 0.6 is 0 Å². The first-order valence-corrected chi connectivity index (χ1v) is 17.1. The quantitative estimate of drug-likeness (QED) is 0.0503. The average molecular weight is 581 g/mol. The SMILES string of the molecule is CCCCCCCCCCCCCCCCCCCCC(C(C1CC(=O)OC1=O)S(=O)(=O)[O-])S(=O)(=O)[O-].[Li+].[Li+]. The molecule has 9 nitrogen and oxygen atoms in total. The molecule has 3 unspecified atom stereocenters. The summed E-state index contributed by atoms with van der Waals surface area (Å²) in [5.74, 6) is -4.08. The minimum absolute atomic E-state index is 0. The predicted octanol–water partition coefficient (Wildman–Crippen LogP) is -0.656. The van der Waals surface area contributed by atoms with Crippen LogP contribution in [0.2, 0.25) is 0 Å². The van der Waals surface area contributed by atoms with Gasteiger partial charge in [0.15, 0.2) is 0 Å². The van der Waals surface area contributed by atoms with Gasteiger partial charge in [-0.1, -0.05) is 122 Å². The van der Waals surface area contributed by atoms with E-state index < -0.39 is 55.0 Å². The molecule has 0 aromatic carbocycles. The van der Waals surface area contributed by atoms with E-state index in [0.29, 0.717) is 6.42 Å². The number of hydrogen-bond acceptors (Lipinski definition) is 9. The van der Waals surface area contributed by atoms with Gasteiger partial charge in [0, 0.05) is 0 Å². The molecule has 0 saturated carbocycles. The Balaban J connectivity index is 0.